The summed E-state index contributed by atoms with van der Waals surface area (Å²) in [5, 5.41) is 2.63. The van der Waals surface area contributed by atoms with Crippen molar-refractivity contribution in [1.29, 1.82) is 0 Å². The number of rotatable bonds is 4. The predicted molar refractivity (Wildman–Crippen MR) is 81.9 cm³/mol. The van der Waals surface area contributed by atoms with Crippen molar-refractivity contribution in [2.75, 3.05) is 6.54 Å². The van der Waals surface area contributed by atoms with Crippen LogP contribution >= 0.6 is 0 Å². The number of nitrogens with two attached hydrogens (primary N) is 1. The van der Waals surface area contributed by atoms with E-state index in [0.29, 0.717) is 18.5 Å². The molecule has 1 aromatic rings. The molecule has 0 saturated heterocycles. The molecule has 0 aliphatic carbocycles. The van der Waals surface area contributed by atoms with Gasteiger partial charge in [-0.15, -0.1) is 0 Å². The Morgan fingerprint density at radius 2 is 1.96 bits per heavy atom. The molecule has 1 heterocycles. The maximum atomic E-state index is 11.6. The zero-order chi connectivity index (χ0) is 17.6. The number of nitrogens with zero attached hydrogens (tertiary/aromatic N) is 1. The summed E-state index contributed by atoms with van der Waals surface area (Å²) in [6.45, 7) is 7.37. The summed E-state index contributed by atoms with van der Waals surface area (Å²) < 4.78 is 9.40. The third-order valence-electron chi connectivity index (χ3n) is 2.60. The van der Waals surface area contributed by atoms with E-state index in [1.807, 2.05) is 0 Å². The minimum Gasteiger partial charge on any atom is -0.444 e. The molecule has 8 nitrogen and oxygen atoms in total. The number of nitrogens with one attached hydrogen (secondary N) is 1. The maximum Gasteiger partial charge on any atom is 0.412 e. The molecule has 0 unspecified atom stereocenters. The summed E-state index contributed by atoms with van der Waals surface area (Å²) in [6.07, 6.45) is 0.310. The number of hydrogen-bond donors (Lipinski definition) is 2. The maximum absolute atomic E-state index is 11.6. The van der Waals surface area contributed by atoms with Crippen LogP contribution in [0.4, 0.5) is 9.59 Å². The lowest BCUT2D eigenvalue weighted by atomic mass is 10.1. The Labute approximate surface area is 134 Å². The fourth-order valence-corrected chi connectivity index (χ4v) is 1.75. The van der Waals surface area contributed by atoms with Gasteiger partial charge in [0.1, 0.15) is 5.60 Å². The second-order valence-corrected chi connectivity index (χ2v) is 5.90. The number of aryl methyl sites for hydroxylation is 1. The van der Waals surface area contributed by atoms with E-state index in [9.17, 15) is 14.4 Å². The number of ether oxygens (including phenoxy) is 2. The molecule has 126 valence electrons. The third kappa shape index (κ3) is 6.77. The minimum atomic E-state index is -1.18. The number of hydrogen-bond acceptors (Lipinski definition) is 6. The average Bonchev–Trinajstić information content (AvgIpc) is 2.35. The monoisotopic (exact) mass is 323 g/mol. The first-order valence-electron chi connectivity index (χ1n) is 7.02. The second-order valence-electron chi connectivity index (χ2n) is 5.90. The van der Waals surface area contributed by atoms with Gasteiger partial charge in [0, 0.05) is 12.7 Å². The van der Waals surface area contributed by atoms with Crippen LogP contribution in [-0.2, 0) is 15.9 Å². The van der Waals surface area contributed by atoms with Crippen LogP contribution in [0.1, 0.15) is 42.4 Å². The Kier molecular flexibility index (Phi) is 6.06. The lowest BCUT2D eigenvalue weighted by Crippen LogP contribution is -2.33. The van der Waals surface area contributed by atoms with Gasteiger partial charge in [0.2, 0.25) is 0 Å². The fourth-order valence-electron chi connectivity index (χ4n) is 1.75. The van der Waals surface area contributed by atoms with Crippen molar-refractivity contribution in [2.45, 2.75) is 39.7 Å². The number of carbonyl (C=O) groups is 3. The van der Waals surface area contributed by atoms with Crippen molar-refractivity contribution in [3.8, 4) is 0 Å². The van der Waals surface area contributed by atoms with Crippen LogP contribution in [0.5, 0.6) is 0 Å². The largest absolute Gasteiger partial charge is 0.444 e. The predicted octanol–water partition coefficient (Wildman–Crippen LogP) is 1.69. The molecule has 0 aromatic carbocycles. The first kappa shape index (κ1) is 18.4. The number of aromatic nitrogens is 1. The van der Waals surface area contributed by atoms with Crippen molar-refractivity contribution in [3.63, 3.8) is 0 Å². The SMILES string of the molecule is Cc1cc(CCNC(=O)OC(C)(C)C)cnc1C(=O)OC(N)=O. The minimum absolute atomic E-state index is 0.0210. The van der Waals surface area contributed by atoms with Crippen molar-refractivity contribution in [2.24, 2.45) is 5.73 Å². The second kappa shape index (κ2) is 7.57. The highest BCUT2D eigenvalue weighted by Gasteiger charge is 2.17. The lowest BCUT2D eigenvalue weighted by molar-refractivity contribution is 0.0527. The topological polar surface area (TPSA) is 121 Å². The van der Waals surface area contributed by atoms with Crippen LogP contribution in [0.3, 0.4) is 0 Å². The quantitative estimate of drug-likeness (QED) is 0.642. The molecule has 1 rings (SSSR count). The zero-order valence-electron chi connectivity index (χ0n) is 13.6. The molecule has 0 aliphatic heterocycles. The molecule has 3 N–H and O–H groups in total. The first-order chi connectivity index (χ1) is 10.6. The normalized spacial score (nSPS) is 10.8. The number of carbonyl (C=O) groups excluding carboxylic acids is 3. The van der Waals surface area contributed by atoms with Crippen LogP contribution in [-0.4, -0.2) is 35.3 Å². The van der Waals surface area contributed by atoms with Gasteiger partial charge in [-0.1, -0.05) is 6.07 Å². The van der Waals surface area contributed by atoms with Gasteiger partial charge in [-0.3, -0.25) is 0 Å². The highest BCUT2D eigenvalue weighted by Crippen LogP contribution is 2.10. The van der Waals surface area contributed by atoms with E-state index in [4.69, 9.17) is 10.5 Å². The molecule has 8 heteroatoms. The summed E-state index contributed by atoms with van der Waals surface area (Å²) in [5.41, 5.74) is 5.62. The summed E-state index contributed by atoms with van der Waals surface area (Å²) in [7, 11) is 0. The number of pyridine rings is 1. The summed E-state index contributed by atoms with van der Waals surface area (Å²) in [5.74, 6) is -0.895. The van der Waals surface area contributed by atoms with E-state index in [1.54, 1.807) is 33.8 Å². The Balaban J connectivity index is 2.57. The Hall–Kier alpha value is -2.64. The number of alkyl carbamates (subject to hydrolysis) is 1. The van der Waals surface area contributed by atoms with Gasteiger partial charge in [0.05, 0.1) is 0 Å². The Morgan fingerprint density at radius 1 is 1.30 bits per heavy atom. The smallest absolute Gasteiger partial charge is 0.412 e. The number of amides is 2. The van der Waals surface area contributed by atoms with Crippen LogP contribution in [0.15, 0.2) is 12.3 Å². The van der Waals surface area contributed by atoms with Crippen molar-refractivity contribution >= 4 is 18.2 Å². The van der Waals surface area contributed by atoms with Crippen LogP contribution in [0.2, 0.25) is 0 Å². The third-order valence-corrected chi connectivity index (χ3v) is 2.60. The van der Waals surface area contributed by atoms with E-state index in [2.05, 4.69) is 15.0 Å². The summed E-state index contributed by atoms with van der Waals surface area (Å²) in [4.78, 5) is 37.6. The van der Waals surface area contributed by atoms with E-state index in [1.165, 1.54) is 6.20 Å². The molecular formula is C15H21N3O5. The van der Waals surface area contributed by atoms with Gasteiger partial charge < -0.3 is 20.5 Å². The van der Waals surface area contributed by atoms with Gasteiger partial charge >= 0.3 is 18.2 Å². The van der Waals surface area contributed by atoms with Gasteiger partial charge in [-0.2, -0.15) is 0 Å². The standard InChI is InChI=1S/C15H21N3O5/c1-9-7-10(5-6-17-14(21)23-15(2,3)4)8-18-11(9)12(19)22-13(16)20/h7-8H,5-6H2,1-4H3,(H2,16,20)(H,17,21). The molecule has 0 fully saturated rings. The zero-order valence-corrected chi connectivity index (χ0v) is 13.6. The molecular weight excluding hydrogens is 302 g/mol. The summed E-state index contributed by atoms with van der Waals surface area (Å²) in [6, 6.07) is 1.72. The highest BCUT2D eigenvalue weighted by molar-refractivity contribution is 5.95. The van der Waals surface area contributed by atoms with E-state index in [-0.39, 0.29) is 5.69 Å². The van der Waals surface area contributed by atoms with E-state index in [0.717, 1.165) is 5.56 Å². The number of esters is 1. The molecule has 0 saturated carbocycles. The van der Waals surface area contributed by atoms with Crippen LogP contribution in [0.25, 0.3) is 0 Å². The average molecular weight is 323 g/mol. The molecule has 0 aliphatic rings. The molecule has 0 bridgehead atoms. The highest BCUT2D eigenvalue weighted by atomic mass is 16.6. The molecule has 1 aromatic heterocycles. The van der Waals surface area contributed by atoms with E-state index >= 15 is 0 Å². The Morgan fingerprint density at radius 3 is 2.48 bits per heavy atom. The van der Waals surface area contributed by atoms with Crippen LogP contribution in [0, 0.1) is 6.92 Å². The molecule has 23 heavy (non-hydrogen) atoms. The summed E-state index contributed by atoms with van der Waals surface area (Å²) >= 11 is 0. The first-order valence-corrected chi connectivity index (χ1v) is 7.02. The molecule has 0 radical (unpaired) electrons. The molecule has 2 amide bonds. The van der Waals surface area contributed by atoms with Gasteiger partial charge in [-0.05, 0) is 45.2 Å². The van der Waals surface area contributed by atoms with Crippen molar-refractivity contribution in [1.82, 2.24) is 10.3 Å². The van der Waals surface area contributed by atoms with Crippen molar-refractivity contribution in [3.05, 3.63) is 29.1 Å². The van der Waals surface area contributed by atoms with Crippen LogP contribution < -0.4 is 11.1 Å². The van der Waals surface area contributed by atoms with Gasteiger partial charge in [0.25, 0.3) is 0 Å². The van der Waals surface area contributed by atoms with Crippen molar-refractivity contribution < 1.29 is 23.9 Å². The molecule has 0 spiro atoms. The molecule has 0 atom stereocenters. The Bertz CT molecular complexity index is 608. The lowest BCUT2D eigenvalue weighted by Gasteiger charge is -2.19. The van der Waals surface area contributed by atoms with Gasteiger partial charge in [0.15, 0.2) is 5.69 Å². The number of primary amides is 1. The van der Waals surface area contributed by atoms with Gasteiger partial charge in [-0.25, -0.2) is 19.4 Å². The fraction of sp³-hybridized carbons (Fsp3) is 0.467. The van der Waals surface area contributed by atoms with E-state index < -0.39 is 23.8 Å².